The zero-order valence-electron chi connectivity index (χ0n) is 18.6. The highest BCUT2D eigenvalue weighted by atomic mass is 16.2. The van der Waals surface area contributed by atoms with Crippen molar-refractivity contribution < 1.29 is 9.59 Å². The van der Waals surface area contributed by atoms with Gasteiger partial charge in [-0.15, -0.1) is 0 Å². The van der Waals surface area contributed by atoms with Crippen LogP contribution in [-0.2, 0) is 9.59 Å². The molecule has 8 fully saturated rings. The van der Waals surface area contributed by atoms with Crippen LogP contribution in [0.2, 0.25) is 0 Å². The Morgan fingerprint density at radius 2 is 0.833 bits per heavy atom. The molecule has 0 spiro atoms. The first kappa shape index (κ1) is 19.6. The fourth-order valence-electron chi connectivity index (χ4n) is 9.02. The topological polar surface area (TPSA) is 40.6 Å². The molecule has 4 heteroatoms. The maximum atomic E-state index is 13.0. The summed E-state index contributed by atoms with van der Waals surface area (Å²) in [6, 6.07) is 1.05. The molecule has 8 bridgehead atoms. The predicted octanol–water partition coefficient (Wildman–Crippen LogP) is 4.62. The lowest BCUT2D eigenvalue weighted by Gasteiger charge is -2.39. The molecular weight excluding hydrogens is 372 g/mol. The SMILES string of the molecule is O=C(CCCCC(=O)N1CC2CC3CC(C2)CC1C3)N1CC2CC3CC(C2)CC1C3. The first-order valence-electron chi connectivity index (χ1n) is 13.2. The average molecular weight is 413 g/mol. The highest BCUT2D eigenvalue weighted by Crippen LogP contribution is 2.48. The van der Waals surface area contributed by atoms with E-state index in [9.17, 15) is 9.59 Å². The zero-order chi connectivity index (χ0) is 20.2. The number of carbonyl (C=O) groups is 2. The van der Waals surface area contributed by atoms with Crippen molar-refractivity contribution in [3.05, 3.63) is 0 Å². The largest absolute Gasteiger partial charge is 0.339 e. The Morgan fingerprint density at radius 3 is 1.20 bits per heavy atom. The van der Waals surface area contributed by atoms with Gasteiger partial charge in [-0.05, 0) is 113 Å². The first-order valence-corrected chi connectivity index (χ1v) is 13.2. The Morgan fingerprint density at radius 1 is 0.500 bits per heavy atom. The van der Waals surface area contributed by atoms with Crippen LogP contribution in [0, 0.1) is 35.5 Å². The monoisotopic (exact) mass is 412 g/mol. The van der Waals surface area contributed by atoms with Gasteiger partial charge >= 0.3 is 0 Å². The predicted molar refractivity (Wildman–Crippen MR) is 117 cm³/mol. The molecule has 4 nitrogen and oxygen atoms in total. The number of rotatable bonds is 5. The third-order valence-electron chi connectivity index (χ3n) is 9.88. The van der Waals surface area contributed by atoms with Crippen molar-refractivity contribution in [3.63, 3.8) is 0 Å². The first-order chi connectivity index (χ1) is 14.6. The lowest BCUT2D eigenvalue weighted by molar-refractivity contribution is -0.136. The Hall–Kier alpha value is -1.06. The van der Waals surface area contributed by atoms with Gasteiger partial charge in [-0.2, -0.15) is 0 Å². The van der Waals surface area contributed by atoms with E-state index in [4.69, 9.17) is 0 Å². The number of fused-ring (bicyclic) bond motifs is 2. The van der Waals surface area contributed by atoms with Crippen molar-refractivity contribution >= 4 is 11.8 Å². The number of carbonyl (C=O) groups excluding carboxylic acids is 2. The minimum atomic E-state index is 0.381. The molecule has 4 saturated heterocycles. The molecule has 2 amide bonds. The van der Waals surface area contributed by atoms with Gasteiger partial charge in [0.2, 0.25) is 11.8 Å². The van der Waals surface area contributed by atoms with Crippen molar-refractivity contribution in [2.45, 2.75) is 102 Å². The lowest BCUT2D eigenvalue weighted by atomic mass is 9.68. The molecule has 4 saturated carbocycles. The van der Waals surface area contributed by atoms with E-state index in [0.29, 0.717) is 36.7 Å². The van der Waals surface area contributed by atoms with Crippen LogP contribution < -0.4 is 0 Å². The minimum Gasteiger partial charge on any atom is -0.339 e. The smallest absolute Gasteiger partial charge is 0.222 e. The standard InChI is InChI=1S/C26H40N2O2/c29-25(27-15-21-7-17-5-18(8-21)12-23(27)11-17)3-1-2-4-26(30)28-16-22-9-19-6-20(10-22)14-24(28)13-19/h17-24H,1-16H2. The molecule has 0 radical (unpaired) electrons. The third-order valence-corrected chi connectivity index (χ3v) is 9.88. The Kier molecular flexibility index (Phi) is 5.11. The van der Waals surface area contributed by atoms with Crippen LogP contribution >= 0.6 is 0 Å². The van der Waals surface area contributed by atoms with Gasteiger partial charge < -0.3 is 9.80 Å². The summed E-state index contributed by atoms with van der Waals surface area (Å²) in [4.78, 5) is 30.6. The molecule has 8 rings (SSSR count). The average Bonchev–Trinajstić information content (AvgIpc) is 3.03. The number of hydrogen-bond acceptors (Lipinski definition) is 2. The third kappa shape index (κ3) is 3.71. The van der Waals surface area contributed by atoms with Crippen LogP contribution in [-0.4, -0.2) is 46.8 Å². The molecule has 0 aromatic rings. The number of hydrogen-bond donors (Lipinski definition) is 0. The summed E-state index contributed by atoms with van der Waals surface area (Å²) >= 11 is 0. The molecule has 4 heterocycles. The van der Waals surface area contributed by atoms with E-state index >= 15 is 0 Å². The molecule has 4 unspecified atom stereocenters. The van der Waals surface area contributed by atoms with Gasteiger partial charge in [-0.1, -0.05) is 0 Å². The highest BCUT2D eigenvalue weighted by molar-refractivity contribution is 5.78. The van der Waals surface area contributed by atoms with Crippen molar-refractivity contribution in [3.8, 4) is 0 Å². The Balaban J connectivity index is 0.985. The maximum Gasteiger partial charge on any atom is 0.222 e. The van der Waals surface area contributed by atoms with Crippen LogP contribution in [0.5, 0.6) is 0 Å². The number of unbranched alkanes of at least 4 members (excludes halogenated alkanes) is 1. The highest BCUT2D eigenvalue weighted by Gasteiger charge is 2.45. The molecule has 0 aromatic carbocycles. The van der Waals surface area contributed by atoms with Gasteiger partial charge in [-0.3, -0.25) is 9.59 Å². The molecule has 166 valence electrons. The minimum absolute atomic E-state index is 0.381. The van der Waals surface area contributed by atoms with E-state index < -0.39 is 0 Å². The van der Waals surface area contributed by atoms with Crippen LogP contribution in [0.3, 0.4) is 0 Å². The second-order valence-electron chi connectivity index (χ2n) is 12.2. The van der Waals surface area contributed by atoms with Gasteiger partial charge in [0, 0.05) is 38.0 Å². The van der Waals surface area contributed by atoms with Crippen LogP contribution in [0.25, 0.3) is 0 Å². The zero-order valence-corrected chi connectivity index (χ0v) is 18.6. The molecule has 4 aliphatic heterocycles. The van der Waals surface area contributed by atoms with Gasteiger partial charge in [-0.25, -0.2) is 0 Å². The summed E-state index contributed by atoms with van der Waals surface area (Å²) < 4.78 is 0. The van der Waals surface area contributed by atoms with E-state index in [1.165, 1.54) is 64.2 Å². The van der Waals surface area contributed by atoms with E-state index in [1.807, 2.05) is 0 Å². The van der Waals surface area contributed by atoms with Crippen LogP contribution in [0.15, 0.2) is 0 Å². The number of nitrogens with zero attached hydrogens (tertiary/aromatic N) is 2. The van der Waals surface area contributed by atoms with Crippen LogP contribution in [0.1, 0.15) is 89.9 Å². The van der Waals surface area contributed by atoms with E-state index in [-0.39, 0.29) is 0 Å². The molecular formula is C26H40N2O2. The summed E-state index contributed by atoms with van der Waals surface area (Å²) in [5.74, 6) is 5.85. The summed E-state index contributed by atoms with van der Waals surface area (Å²) in [5.41, 5.74) is 0. The molecule has 30 heavy (non-hydrogen) atoms. The Labute approximate surface area is 182 Å². The Bertz CT molecular complexity index is 607. The van der Waals surface area contributed by atoms with Crippen molar-refractivity contribution in [2.75, 3.05) is 13.1 Å². The van der Waals surface area contributed by atoms with Crippen molar-refractivity contribution in [1.29, 1.82) is 0 Å². The summed E-state index contributed by atoms with van der Waals surface area (Å²) in [7, 11) is 0. The summed E-state index contributed by atoms with van der Waals surface area (Å²) in [6.45, 7) is 2.04. The van der Waals surface area contributed by atoms with E-state index in [0.717, 1.165) is 61.4 Å². The van der Waals surface area contributed by atoms with Crippen molar-refractivity contribution in [1.82, 2.24) is 9.80 Å². The lowest BCUT2D eigenvalue weighted by Crippen LogP contribution is -2.42. The van der Waals surface area contributed by atoms with Gasteiger partial charge in [0.25, 0.3) is 0 Å². The summed E-state index contributed by atoms with van der Waals surface area (Å²) in [6.07, 6.45) is 16.4. The van der Waals surface area contributed by atoms with Gasteiger partial charge in [0.05, 0.1) is 0 Å². The summed E-state index contributed by atoms with van der Waals surface area (Å²) in [5, 5.41) is 0. The van der Waals surface area contributed by atoms with Gasteiger partial charge in [0.15, 0.2) is 0 Å². The quantitative estimate of drug-likeness (QED) is 0.618. The van der Waals surface area contributed by atoms with Gasteiger partial charge in [0.1, 0.15) is 0 Å². The fourth-order valence-corrected chi connectivity index (χ4v) is 9.02. The molecule has 0 N–H and O–H groups in total. The van der Waals surface area contributed by atoms with E-state index in [2.05, 4.69) is 9.80 Å². The number of amides is 2. The second kappa shape index (κ2) is 7.81. The molecule has 4 aliphatic carbocycles. The van der Waals surface area contributed by atoms with Crippen molar-refractivity contribution in [2.24, 2.45) is 35.5 Å². The fraction of sp³-hybridized carbons (Fsp3) is 0.923. The molecule has 0 aromatic heterocycles. The van der Waals surface area contributed by atoms with E-state index in [1.54, 1.807) is 0 Å². The maximum absolute atomic E-state index is 13.0. The van der Waals surface area contributed by atoms with Crippen LogP contribution in [0.4, 0.5) is 0 Å². The molecule has 4 atom stereocenters. The normalized spacial score (nSPS) is 43.7. The molecule has 8 aliphatic rings. The second-order valence-corrected chi connectivity index (χ2v) is 12.2.